The van der Waals surface area contributed by atoms with E-state index >= 15 is 0 Å². The third-order valence-corrected chi connectivity index (χ3v) is 3.28. The van der Waals surface area contributed by atoms with Gasteiger partial charge in [0.05, 0.1) is 0 Å². The summed E-state index contributed by atoms with van der Waals surface area (Å²) in [7, 11) is 0. The second-order valence-electron chi connectivity index (χ2n) is 4.30. The molecule has 2 aliphatic heterocycles. The van der Waals surface area contributed by atoms with E-state index < -0.39 is 11.9 Å². The number of ether oxygens (including phenoxy) is 3. The van der Waals surface area contributed by atoms with E-state index in [-0.39, 0.29) is 12.1 Å². The molecule has 78 valence electrons. The van der Waals surface area contributed by atoms with Gasteiger partial charge in [0.25, 0.3) is 0 Å². The number of hydrogen-bond acceptors (Lipinski definition) is 4. The van der Waals surface area contributed by atoms with Crippen molar-refractivity contribution in [2.75, 3.05) is 6.61 Å². The van der Waals surface area contributed by atoms with Crippen molar-refractivity contribution in [2.45, 2.75) is 50.1 Å². The Kier molecular flexibility index (Phi) is 1.82. The van der Waals surface area contributed by atoms with Crippen molar-refractivity contribution in [3.05, 3.63) is 0 Å². The molecule has 3 aliphatic rings. The average molecular weight is 198 g/mol. The fourth-order valence-corrected chi connectivity index (χ4v) is 2.57. The number of cyclic esters (lactones) is 1. The Morgan fingerprint density at radius 2 is 1.93 bits per heavy atom. The molecule has 0 amide bonds. The quantitative estimate of drug-likeness (QED) is 0.544. The van der Waals surface area contributed by atoms with Gasteiger partial charge in [-0.1, -0.05) is 6.42 Å². The molecule has 1 aliphatic carbocycles. The molecule has 0 radical (unpaired) electrons. The number of carbonyl (C=O) groups excluding carboxylic acids is 1. The van der Waals surface area contributed by atoms with Crippen LogP contribution in [0, 0.1) is 0 Å². The van der Waals surface area contributed by atoms with Crippen molar-refractivity contribution in [3.8, 4) is 0 Å². The predicted molar refractivity (Wildman–Crippen MR) is 46.5 cm³/mol. The van der Waals surface area contributed by atoms with Crippen LogP contribution in [0.3, 0.4) is 0 Å². The van der Waals surface area contributed by atoms with Crippen LogP contribution in [0.1, 0.15) is 32.1 Å². The van der Waals surface area contributed by atoms with Crippen molar-refractivity contribution in [1.29, 1.82) is 0 Å². The molecule has 0 N–H and O–H groups in total. The number of rotatable bonds is 0. The van der Waals surface area contributed by atoms with Crippen LogP contribution in [0.15, 0.2) is 0 Å². The zero-order chi connectivity index (χ0) is 9.60. The SMILES string of the molecule is O=C1OC[C@H]2OC3(CCCCC3)O[C@@H]12. The lowest BCUT2D eigenvalue weighted by atomic mass is 9.94. The molecule has 0 aromatic carbocycles. The Balaban J connectivity index is 1.77. The maximum Gasteiger partial charge on any atom is 0.338 e. The van der Waals surface area contributed by atoms with Crippen LogP contribution in [-0.2, 0) is 19.0 Å². The van der Waals surface area contributed by atoms with Crippen molar-refractivity contribution in [1.82, 2.24) is 0 Å². The molecule has 2 atom stereocenters. The summed E-state index contributed by atoms with van der Waals surface area (Å²) in [5.41, 5.74) is 0. The molecule has 3 fully saturated rings. The first kappa shape index (κ1) is 8.68. The van der Waals surface area contributed by atoms with Gasteiger partial charge in [0.2, 0.25) is 0 Å². The van der Waals surface area contributed by atoms with Crippen LogP contribution in [-0.4, -0.2) is 30.6 Å². The van der Waals surface area contributed by atoms with E-state index in [0.29, 0.717) is 6.61 Å². The minimum Gasteiger partial charge on any atom is -0.461 e. The van der Waals surface area contributed by atoms with E-state index in [1.807, 2.05) is 0 Å². The third-order valence-electron chi connectivity index (χ3n) is 3.28. The van der Waals surface area contributed by atoms with Crippen LogP contribution in [0.4, 0.5) is 0 Å². The summed E-state index contributed by atoms with van der Waals surface area (Å²) in [6, 6.07) is 0. The maximum absolute atomic E-state index is 11.3. The molecule has 2 heterocycles. The van der Waals surface area contributed by atoms with Crippen LogP contribution < -0.4 is 0 Å². The zero-order valence-corrected chi connectivity index (χ0v) is 8.03. The summed E-state index contributed by atoms with van der Waals surface area (Å²) < 4.78 is 16.4. The van der Waals surface area contributed by atoms with Crippen LogP contribution in [0.5, 0.6) is 0 Å². The lowest BCUT2D eigenvalue weighted by Crippen LogP contribution is -2.35. The number of esters is 1. The maximum atomic E-state index is 11.3. The minimum atomic E-state index is -0.451. The molecular weight excluding hydrogens is 184 g/mol. The first-order valence-electron chi connectivity index (χ1n) is 5.31. The molecule has 3 rings (SSSR count). The first-order valence-corrected chi connectivity index (χ1v) is 5.31. The van der Waals surface area contributed by atoms with Gasteiger partial charge in [0, 0.05) is 12.8 Å². The molecule has 4 nitrogen and oxygen atoms in total. The number of carbonyl (C=O) groups is 1. The number of hydrogen-bond donors (Lipinski definition) is 0. The molecule has 0 aromatic heterocycles. The Hall–Kier alpha value is -0.610. The fourth-order valence-electron chi connectivity index (χ4n) is 2.57. The molecule has 1 spiro atoms. The molecule has 14 heavy (non-hydrogen) atoms. The van der Waals surface area contributed by atoms with E-state index in [9.17, 15) is 4.79 Å². The second-order valence-corrected chi connectivity index (χ2v) is 4.30. The lowest BCUT2D eigenvalue weighted by molar-refractivity contribution is -0.209. The fraction of sp³-hybridized carbons (Fsp3) is 0.900. The van der Waals surface area contributed by atoms with Crippen molar-refractivity contribution >= 4 is 5.97 Å². The molecular formula is C10H14O4. The summed E-state index contributed by atoms with van der Waals surface area (Å²) >= 11 is 0. The van der Waals surface area contributed by atoms with Gasteiger partial charge in [-0.25, -0.2) is 4.79 Å². The van der Waals surface area contributed by atoms with Crippen LogP contribution in [0.25, 0.3) is 0 Å². The Morgan fingerprint density at radius 3 is 2.64 bits per heavy atom. The van der Waals surface area contributed by atoms with Gasteiger partial charge in [0.15, 0.2) is 11.9 Å². The first-order chi connectivity index (χ1) is 6.79. The lowest BCUT2D eigenvalue weighted by Gasteiger charge is -2.32. The normalized spacial score (nSPS) is 39.9. The van der Waals surface area contributed by atoms with E-state index in [0.717, 1.165) is 25.7 Å². The molecule has 0 unspecified atom stereocenters. The Bertz CT molecular complexity index is 257. The summed E-state index contributed by atoms with van der Waals surface area (Å²) in [6.07, 6.45) is 4.76. The summed E-state index contributed by atoms with van der Waals surface area (Å²) in [5.74, 6) is -0.704. The van der Waals surface area contributed by atoms with E-state index in [2.05, 4.69) is 0 Å². The highest BCUT2D eigenvalue weighted by molar-refractivity contribution is 5.78. The van der Waals surface area contributed by atoms with Gasteiger partial charge in [0.1, 0.15) is 12.7 Å². The van der Waals surface area contributed by atoms with E-state index in [4.69, 9.17) is 14.2 Å². The largest absolute Gasteiger partial charge is 0.461 e. The van der Waals surface area contributed by atoms with Gasteiger partial charge in [-0.05, 0) is 12.8 Å². The van der Waals surface area contributed by atoms with E-state index in [1.165, 1.54) is 6.42 Å². The molecule has 0 bridgehead atoms. The Morgan fingerprint density at radius 1 is 1.14 bits per heavy atom. The summed E-state index contributed by atoms with van der Waals surface area (Å²) in [4.78, 5) is 11.3. The summed E-state index contributed by atoms with van der Waals surface area (Å²) in [6.45, 7) is 0.366. The van der Waals surface area contributed by atoms with Crippen LogP contribution in [0.2, 0.25) is 0 Å². The summed E-state index contributed by atoms with van der Waals surface area (Å²) in [5, 5.41) is 0. The highest BCUT2D eigenvalue weighted by atomic mass is 16.8. The molecule has 0 aromatic rings. The monoisotopic (exact) mass is 198 g/mol. The van der Waals surface area contributed by atoms with Crippen LogP contribution >= 0.6 is 0 Å². The topological polar surface area (TPSA) is 44.8 Å². The second kappa shape index (κ2) is 2.94. The van der Waals surface area contributed by atoms with Gasteiger partial charge in [-0.15, -0.1) is 0 Å². The highest BCUT2D eigenvalue weighted by Gasteiger charge is 2.54. The smallest absolute Gasteiger partial charge is 0.338 e. The van der Waals surface area contributed by atoms with Crippen molar-refractivity contribution < 1.29 is 19.0 Å². The van der Waals surface area contributed by atoms with E-state index in [1.54, 1.807) is 0 Å². The molecule has 4 heteroatoms. The van der Waals surface area contributed by atoms with Gasteiger partial charge >= 0.3 is 5.97 Å². The van der Waals surface area contributed by atoms with Crippen molar-refractivity contribution in [2.24, 2.45) is 0 Å². The van der Waals surface area contributed by atoms with Gasteiger partial charge in [-0.3, -0.25) is 0 Å². The predicted octanol–water partition coefficient (Wildman–Crippen LogP) is 0.988. The average Bonchev–Trinajstić information content (AvgIpc) is 2.68. The van der Waals surface area contributed by atoms with Crippen molar-refractivity contribution in [3.63, 3.8) is 0 Å². The zero-order valence-electron chi connectivity index (χ0n) is 8.03. The standard InChI is InChI=1S/C10H14O4/c11-9-8-7(6-12-9)13-10(14-8)4-2-1-3-5-10/h7-8H,1-6H2/t7-,8-/m1/s1. The molecule has 1 saturated carbocycles. The number of fused-ring (bicyclic) bond motifs is 1. The molecule has 2 saturated heterocycles. The van der Waals surface area contributed by atoms with Gasteiger partial charge < -0.3 is 14.2 Å². The minimum absolute atomic E-state index is 0.152. The Labute approximate surface area is 82.5 Å². The third kappa shape index (κ3) is 1.17. The van der Waals surface area contributed by atoms with Gasteiger partial charge in [-0.2, -0.15) is 0 Å². The highest BCUT2D eigenvalue weighted by Crippen LogP contribution is 2.42.